The largest absolute Gasteiger partial charge is 0.416 e. The van der Waals surface area contributed by atoms with Gasteiger partial charge in [0.05, 0.1) is 11.1 Å². The fourth-order valence-electron chi connectivity index (χ4n) is 2.19. The Morgan fingerprint density at radius 3 is 1.87 bits per heavy atom. The zero-order valence-electron chi connectivity index (χ0n) is 12.9. The number of halogens is 6. The van der Waals surface area contributed by atoms with E-state index in [1.807, 2.05) is 0 Å². The topological polar surface area (TPSA) is 12.4 Å². The van der Waals surface area contributed by atoms with Gasteiger partial charge < -0.3 is 0 Å². The number of allylic oxidation sites excluding steroid dienone is 2. The highest BCUT2D eigenvalue weighted by Gasteiger charge is 2.37. The van der Waals surface area contributed by atoms with E-state index in [0.29, 0.717) is 18.6 Å². The Balaban J connectivity index is 3.44. The van der Waals surface area contributed by atoms with Crippen LogP contribution in [0.5, 0.6) is 0 Å². The molecule has 7 heteroatoms. The average molecular weight is 337 g/mol. The van der Waals surface area contributed by atoms with Crippen LogP contribution in [0.1, 0.15) is 37.0 Å². The van der Waals surface area contributed by atoms with Gasteiger partial charge in [-0.3, -0.25) is 4.99 Å². The molecule has 0 aromatic heterocycles. The highest BCUT2D eigenvalue weighted by molar-refractivity contribution is 6.02. The van der Waals surface area contributed by atoms with Crippen LogP contribution in [0.2, 0.25) is 0 Å². The average Bonchev–Trinajstić information content (AvgIpc) is 2.43. The van der Waals surface area contributed by atoms with Crippen LogP contribution in [-0.4, -0.2) is 12.8 Å². The van der Waals surface area contributed by atoms with Crippen LogP contribution >= 0.6 is 0 Å². The number of rotatable bonds is 4. The lowest BCUT2D eigenvalue weighted by atomic mass is 9.92. The minimum atomic E-state index is -4.86. The second-order valence-corrected chi connectivity index (χ2v) is 5.11. The van der Waals surface area contributed by atoms with Gasteiger partial charge in [0.15, 0.2) is 0 Å². The summed E-state index contributed by atoms with van der Waals surface area (Å²) < 4.78 is 77.3. The van der Waals surface area contributed by atoms with Gasteiger partial charge in [0.25, 0.3) is 0 Å². The fourth-order valence-corrected chi connectivity index (χ4v) is 2.19. The van der Waals surface area contributed by atoms with Gasteiger partial charge in [-0.05, 0) is 37.1 Å². The summed E-state index contributed by atoms with van der Waals surface area (Å²) >= 11 is 0. The quantitative estimate of drug-likeness (QED) is 0.377. The van der Waals surface area contributed by atoms with E-state index in [1.54, 1.807) is 26.0 Å². The van der Waals surface area contributed by atoms with E-state index >= 15 is 0 Å². The maximum atomic E-state index is 12.9. The molecule has 0 radical (unpaired) electrons. The number of hydrogen-bond donors (Lipinski definition) is 0. The van der Waals surface area contributed by atoms with Crippen molar-refractivity contribution in [1.29, 1.82) is 0 Å². The second-order valence-electron chi connectivity index (χ2n) is 5.11. The van der Waals surface area contributed by atoms with Crippen molar-refractivity contribution in [3.63, 3.8) is 0 Å². The van der Waals surface area contributed by atoms with Gasteiger partial charge in [0.1, 0.15) is 0 Å². The van der Waals surface area contributed by atoms with Crippen molar-refractivity contribution in [1.82, 2.24) is 0 Å². The Morgan fingerprint density at radius 1 is 1.04 bits per heavy atom. The van der Waals surface area contributed by atoms with Crippen molar-refractivity contribution in [2.24, 2.45) is 10.9 Å². The predicted molar refractivity (Wildman–Crippen MR) is 77.5 cm³/mol. The summed E-state index contributed by atoms with van der Waals surface area (Å²) in [4.78, 5) is 3.91. The lowest BCUT2D eigenvalue weighted by Gasteiger charge is -2.18. The monoisotopic (exact) mass is 337 g/mol. The SMILES string of the molecule is C/C=C/CC(C)C(=NC)c1cc(C(F)(F)F)cc(C(F)(F)F)c1. The molecule has 0 amide bonds. The maximum absolute atomic E-state index is 12.9. The molecule has 1 unspecified atom stereocenters. The Kier molecular flexibility index (Phi) is 6.02. The molecule has 0 N–H and O–H groups in total. The van der Waals surface area contributed by atoms with Crippen molar-refractivity contribution < 1.29 is 26.3 Å². The molecule has 0 aliphatic rings. The number of benzene rings is 1. The van der Waals surface area contributed by atoms with E-state index in [0.717, 1.165) is 0 Å². The Labute approximate surface area is 130 Å². The summed E-state index contributed by atoms with van der Waals surface area (Å²) in [7, 11) is 1.36. The lowest BCUT2D eigenvalue weighted by Crippen LogP contribution is -2.17. The first kappa shape index (κ1) is 19.3. The molecule has 0 saturated heterocycles. The zero-order valence-corrected chi connectivity index (χ0v) is 12.9. The van der Waals surface area contributed by atoms with Crippen LogP contribution < -0.4 is 0 Å². The van der Waals surface area contributed by atoms with Crippen LogP contribution in [0.4, 0.5) is 26.3 Å². The molecular weight excluding hydrogens is 320 g/mol. The third kappa shape index (κ3) is 5.11. The highest BCUT2D eigenvalue weighted by Crippen LogP contribution is 2.37. The molecule has 0 heterocycles. The van der Waals surface area contributed by atoms with Crippen LogP contribution in [0.3, 0.4) is 0 Å². The minimum absolute atomic E-state index is 0.118. The highest BCUT2D eigenvalue weighted by atomic mass is 19.4. The molecule has 1 aromatic carbocycles. The minimum Gasteiger partial charge on any atom is -0.292 e. The Hall–Kier alpha value is -1.79. The van der Waals surface area contributed by atoms with Crippen molar-refractivity contribution in [3.8, 4) is 0 Å². The molecule has 1 rings (SSSR count). The summed E-state index contributed by atoms with van der Waals surface area (Å²) in [6.45, 7) is 3.48. The number of hydrogen-bond acceptors (Lipinski definition) is 1. The molecule has 0 aliphatic heterocycles. The van der Waals surface area contributed by atoms with E-state index in [9.17, 15) is 26.3 Å². The third-order valence-electron chi connectivity index (χ3n) is 3.32. The van der Waals surface area contributed by atoms with Gasteiger partial charge >= 0.3 is 12.4 Å². The van der Waals surface area contributed by atoms with Crippen molar-refractivity contribution in [2.45, 2.75) is 32.6 Å². The Bertz CT molecular complexity index is 563. The number of nitrogens with zero attached hydrogens (tertiary/aromatic N) is 1. The standard InChI is InChI=1S/C16H17F6N/c1-4-5-6-10(2)14(23-3)11-7-12(15(17,18)19)9-13(8-11)16(20,21)22/h4-5,7-10H,6H2,1-3H3/b5-4+,23-14?. The maximum Gasteiger partial charge on any atom is 0.416 e. The summed E-state index contributed by atoms with van der Waals surface area (Å²) in [5, 5.41) is 0. The van der Waals surface area contributed by atoms with E-state index in [-0.39, 0.29) is 23.3 Å². The van der Waals surface area contributed by atoms with Gasteiger partial charge in [-0.25, -0.2) is 0 Å². The molecule has 128 valence electrons. The summed E-state index contributed by atoms with van der Waals surface area (Å²) in [5.41, 5.74) is -2.62. The van der Waals surface area contributed by atoms with Crippen LogP contribution in [0.15, 0.2) is 35.3 Å². The molecule has 0 spiro atoms. The van der Waals surface area contributed by atoms with Crippen molar-refractivity contribution in [3.05, 3.63) is 47.0 Å². The lowest BCUT2D eigenvalue weighted by molar-refractivity contribution is -0.143. The van der Waals surface area contributed by atoms with Crippen molar-refractivity contribution in [2.75, 3.05) is 7.05 Å². The number of alkyl halides is 6. The molecule has 1 aromatic rings. The van der Waals surface area contributed by atoms with E-state index in [4.69, 9.17) is 0 Å². The molecule has 1 nitrogen and oxygen atoms in total. The molecule has 1 atom stereocenters. The van der Waals surface area contributed by atoms with Crippen LogP contribution in [0, 0.1) is 5.92 Å². The van der Waals surface area contributed by atoms with Gasteiger partial charge in [0.2, 0.25) is 0 Å². The smallest absolute Gasteiger partial charge is 0.292 e. The Morgan fingerprint density at radius 2 is 1.52 bits per heavy atom. The van der Waals surface area contributed by atoms with Crippen LogP contribution in [0.25, 0.3) is 0 Å². The first-order valence-corrected chi connectivity index (χ1v) is 6.88. The molecular formula is C16H17F6N. The van der Waals surface area contributed by atoms with Crippen molar-refractivity contribution >= 4 is 5.71 Å². The normalized spacial score (nSPS) is 15.3. The van der Waals surface area contributed by atoms with E-state index in [2.05, 4.69) is 4.99 Å². The summed E-state index contributed by atoms with van der Waals surface area (Å²) in [6.07, 6.45) is -5.70. The van der Waals surface area contributed by atoms with Gasteiger partial charge in [-0.1, -0.05) is 19.1 Å². The molecule has 0 saturated carbocycles. The summed E-state index contributed by atoms with van der Waals surface area (Å²) in [5.74, 6) is -0.305. The van der Waals surface area contributed by atoms with E-state index in [1.165, 1.54) is 7.05 Å². The predicted octanol–water partition coefficient (Wildman–Crippen LogP) is 5.75. The first-order chi connectivity index (χ1) is 10.5. The molecule has 0 fully saturated rings. The summed E-state index contributed by atoms with van der Waals surface area (Å²) in [6, 6.07) is 1.54. The fraction of sp³-hybridized carbons (Fsp3) is 0.438. The van der Waals surface area contributed by atoms with Gasteiger partial charge in [0, 0.05) is 18.7 Å². The van der Waals surface area contributed by atoms with E-state index < -0.39 is 23.5 Å². The van der Waals surface area contributed by atoms with Crippen LogP contribution in [-0.2, 0) is 12.4 Å². The third-order valence-corrected chi connectivity index (χ3v) is 3.32. The molecule has 0 bridgehead atoms. The molecule has 0 aliphatic carbocycles. The second kappa shape index (κ2) is 7.19. The molecule has 23 heavy (non-hydrogen) atoms. The first-order valence-electron chi connectivity index (χ1n) is 6.88. The zero-order chi connectivity index (χ0) is 17.8. The van der Waals surface area contributed by atoms with Gasteiger partial charge in [-0.2, -0.15) is 26.3 Å². The number of aliphatic imine (C=N–C) groups is 1. The van der Waals surface area contributed by atoms with Gasteiger partial charge in [-0.15, -0.1) is 0 Å².